The maximum atomic E-state index is 10.9. The number of aromatic nitrogens is 2. The third-order valence-corrected chi connectivity index (χ3v) is 3.46. The molecule has 19 heavy (non-hydrogen) atoms. The van der Waals surface area contributed by atoms with Gasteiger partial charge in [-0.1, -0.05) is 0 Å². The Hall–Kier alpha value is -1.88. The third-order valence-electron chi connectivity index (χ3n) is 3.46. The first-order valence-electron chi connectivity index (χ1n) is 6.55. The summed E-state index contributed by atoms with van der Waals surface area (Å²) in [7, 11) is 0. The molecule has 5 nitrogen and oxygen atoms in total. The molecule has 1 unspecified atom stereocenters. The zero-order chi connectivity index (χ0) is 13.2. The third kappa shape index (κ3) is 2.61. The number of hydrogen-bond donors (Lipinski definition) is 1. The SMILES string of the molecule is O=C(O)c1ccc2nc(CC3CCCCO3)cn2c1. The summed E-state index contributed by atoms with van der Waals surface area (Å²) in [6, 6.07) is 3.31. The zero-order valence-electron chi connectivity index (χ0n) is 10.6. The van der Waals surface area contributed by atoms with E-state index >= 15 is 0 Å². The number of imidazole rings is 1. The first kappa shape index (κ1) is 12.2. The number of ether oxygens (including phenoxy) is 1. The number of hydrogen-bond acceptors (Lipinski definition) is 3. The number of rotatable bonds is 3. The minimum Gasteiger partial charge on any atom is -0.478 e. The maximum absolute atomic E-state index is 10.9. The molecule has 0 aliphatic carbocycles. The molecule has 3 rings (SSSR count). The van der Waals surface area contributed by atoms with Crippen LogP contribution in [0.4, 0.5) is 0 Å². The number of aromatic carboxylic acids is 1. The van der Waals surface area contributed by atoms with Gasteiger partial charge in [-0.2, -0.15) is 0 Å². The summed E-state index contributed by atoms with van der Waals surface area (Å²) in [6.45, 7) is 0.835. The maximum Gasteiger partial charge on any atom is 0.337 e. The summed E-state index contributed by atoms with van der Waals surface area (Å²) in [5, 5.41) is 8.96. The second kappa shape index (κ2) is 5.01. The molecule has 0 aromatic carbocycles. The molecule has 0 spiro atoms. The highest BCUT2D eigenvalue weighted by atomic mass is 16.5. The fraction of sp³-hybridized carbons (Fsp3) is 0.429. The Kier molecular flexibility index (Phi) is 3.21. The van der Waals surface area contributed by atoms with E-state index in [0.717, 1.165) is 37.2 Å². The molecule has 5 heteroatoms. The van der Waals surface area contributed by atoms with Gasteiger partial charge in [0.2, 0.25) is 0 Å². The number of carboxylic acid groups (broad SMARTS) is 1. The minimum atomic E-state index is -0.923. The van der Waals surface area contributed by atoms with Crippen molar-refractivity contribution in [3.05, 3.63) is 35.8 Å². The van der Waals surface area contributed by atoms with Crippen LogP contribution in [0.25, 0.3) is 5.65 Å². The van der Waals surface area contributed by atoms with Crippen molar-refractivity contribution in [2.45, 2.75) is 31.8 Å². The number of carboxylic acids is 1. The van der Waals surface area contributed by atoms with Crippen LogP contribution in [0, 0.1) is 0 Å². The van der Waals surface area contributed by atoms with Crippen LogP contribution in [0.1, 0.15) is 35.3 Å². The lowest BCUT2D eigenvalue weighted by atomic mass is 10.1. The molecule has 1 aliphatic heterocycles. The van der Waals surface area contributed by atoms with Gasteiger partial charge in [0, 0.05) is 25.4 Å². The smallest absolute Gasteiger partial charge is 0.337 e. The number of carbonyl (C=O) groups is 1. The molecule has 0 saturated carbocycles. The van der Waals surface area contributed by atoms with Crippen LogP contribution in [-0.4, -0.2) is 33.2 Å². The van der Waals surface area contributed by atoms with Crippen molar-refractivity contribution in [3.63, 3.8) is 0 Å². The van der Waals surface area contributed by atoms with Gasteiger partial charge < -0.3 is 14.2 Å². The quantitative estimate of drug-likeness (QED) is 0.918. The highest BCUT2D eigenvalue weighted by Gasteiger charge is 2.16. The van der Waals surface area contributed by atoms with E-state index in [4.69, 9.17) is 9.84 Å². The Morgan fingerprint density at radius 2 is 2.32 bits per heavy atom. The molecule has 0 radical (unpaired) electrons. The van der Waals surface area contributed by atoms with Gasteiger partial charge in [0.1, 0.15) is 5.65 Å². The largest absolute Gasteiger partial charge is 0.478 e. The topological polar surface area (TPSA) is 63.8 Å². The first-order chi connectivity index (χ1) is 9.22. The van der Waals surface area contributed by atoms with Crippen molar-refractivity contribution in [3.8, 4) is 0 Å². The molecule has 3 heterocycles. The van der Waals surface area contributed by atoms with E-state index in [2.05, 4.69) is 4.98 Å². The molecule has 100 valence electrons. The lowest BCUT2D eigenvalue weighted by Crippen LogP contribution is -2.21. The van der Waals surface area contributed by atoms with Crippen molar-refractivity contribution < 1.29 is 14.6 Å². The highest BCUT2D eigenvalue weighted by Crippen LogP contribution is 2.17. The Morgan fingerprint density at radius 1 is 1.42 bits per heavy atom. The van der Waals surface area contributed by atoms with Crippen molar-refractivity contribution in [1.82, 2.24) is 9.38 Å². The number of pyridine rings is 1. The summed E-state index contributed by atoms with van der Waals surface area (Å²) in [6.07, 6.45) is 7.95. The van der Waals surface area contributed by atoms with Gasteiger partial charge in [-0.25, -0.2) is 9.78 Å². The monoisotopic (exact) mass is 260 g/mol. The van der Waals surface area contributed by atoms with Gasteiger partial charge in [-0.15, -0.1) is 0 Å². The van der Waals surface area contributed by atoms with E-state index in [1.54, 1.807) is 22.7 Å². The normalized spacial score (nSPS) is 19.7. The van der Waals surface area contributed by atoms with E-state index in [1.807, 2.05) is 6.20 Å². The molecule has 2 aromatic heterocycles. The van der Waals surface area contributed by atoms with Gasteiger partial charge in [0.15, 0.2) is 0 Å². The molecule has 0 bridgehead atoms. The molecule has 2 aromatic rings. The predicted molar refractivity (Wildman–Crippen MR) is 69.4 cm³/mol. The van der Waals surface area contributed by atoms with Crippen LogP contribution in [-0.2, 0) is 11.2 Å². The average molecular weight is 260 g/mol. The second-order valence-corrected chi connectivity index (χ2v) is 4.91. The summed E-state index contributed by atoms with van der Waals surface area (Å²) >= 11 is 0. The molecule has 1 fully saturated rings. The highest BCUT2D eigenvalue weighted by molar-refractivity contribution is 5.87. The fourth-order valence-corrected chi connectivity index (χ4v) is 2.47. The Labute approximate surface area is 110 Å². The van der Waals surface area contributed by atoms with Gasteiger partial charge in [0.05, 0.1) is 17.4 Å². The van der Waals surface area contributed by atoms with Gasteiger partial charge in [-0.05, 0) is 31.4 Å². The van der Waals surface area contributed by atoms with Crippen LogP contribution >= 0.6 is 0 Å². The minimum absolute atomic E-state index is 0.248. The van der Waals surface area contributed by atoms with Crippen LogP contribution in [0.3, 0.4) is 0 Å². The summed E-state index contributed by atoms with van der Waals surface area (Å²) in [4.78, 5) is 15.4. The average Bonchev–Trinajstić information content (AvgIpc) is 2.80. The van der Waals surface area contributed by atoms with Crippen LogP contribution in [0.5, 0.6) is 0 Å². The van der Waals surface area contributed by atoms with Crippen molar-refractivity contribution >= 4 is 11.6 Å². The standard InChI is InChI=1S/C14H16N2O3/c17-14(18)10-4-5-13-15-11(9-16(13)8-10)7-12-3-1-2-6-19-12/h4-5,8-9,12H,1-3,6-7H2,(H,17,18). The molecule has 0 amide bonds. The number of fused-ring (bicyclic) bond motifs is 1. The van der Waals surface area contributed by atoms with E-state index in [-0.39, 0.29) is 11.7 Å². The zero-order valence-corrected chi connectivity index (χ0v) is 10.6. The molecule has 1 atom stereocenters. The molecular formula is C14H16N2O3. The lowest BCUT2D eigenvalue weighted by Gasteiger charge is -2.21. The van der Waals surface area contributed by atoms with Gasteiger partial charge >= 0.3 is 5.97 Å². The van der Waals surface area contributed by atoms with Crippen LogP contribution < -0.4 is 0 Å². The Balaban J connectivity index is 1.82. The van der Waals surface area contributed by atoms with Crippen molar-refractivity contribution in [2.24, 2.45) is 0 Å². The first-order valence-corrected chi connectivity index (χ1v) is 6.55. The van der Waals surface area contributed by atoms with Gasteiger partial charge in [-0.3, -0.25) is 0 Å². The lowest BCUT2D eigenvalue weighted by molar-refractivity contribution is 0.0163. The predicted octanol–water partition coefficient (Wildman–Crippen LogP) is 2.14. The van der Waals surface area contributed by atoms with Crippen molar-refractivity contribution in [2.75, 3.05) is 6.61 Å². The summed E-state index contributed by atoms with van der Waals surface area (Å²) in [5.41, 5.74) is 2.00. The van der Waals surface area contributed by atoms with E-state index in [9.17, 15) is 4.79 Å². The summed E-state index contributed by atoms with van der Waals surface area (Å²) in [5.74, 6) is -0.923. The Morgan fingerprint density at radius 3 is 3.05 bits per heavy atom. The molecule has 1 N–H and O–H groups in total. The van der Waals surface area contributed by atoms with Crippen LogP contribution in [0.2, 0.25) is 0 Å². The molecule has 1 aliphatic rings. The fourth-order valence-electron chi connectivity index (χ4n) is 2.47. The van der Waals surface area contributed by atoms with E-state index < -0.39 is 5.97 Å². The van der Waals surface area contributed by atoms with Gasteiger partial charge in [0.25, 0.3) is 0 Å². The van der Waals surface area contributed by atoms with Crippen LogP contribution in [0.15, 0.2) is 24.5 Å². The van der Waals surface area contributed by atoms with E-state index in [0.29, 0.717) is 0 Å². The molecule has 1 saturated heterocycles. The van der Waals surface area contributed by atoms with Crippen molar-refractivity contribution in [1.29, 1.82) is 0 Å². The van der Waals surface area contributed by atoms with E-state index in [1.165, 1.54) is 6.42 Å². The molecular weight excluding hydrogens is 244 g/mol. The Bertz CT molecular complexity index is 600. The second-order valence-electron chi connectivity index (χ2n) is 4.91. The number of nitrogens with zero attached hydrogens (tertiary/aromatic N) is 2. The summed E-state index contributed by atoms with van der Waals surface area (Å²) < 4.78 is 7.46.